The quantitative estimate of drug-likeness (QED) is 0.863. The second-order valence-corrected chi connectivity index (χ2v) is 4.95. The Kier molecular flexibility index (Phi) is 3.83. The highest BCUT2D eigenvalue weighted by Gasteiger charge is 2.08. The monoisotopic (exact) mass is 265 g/mol. The number of rotatable bonds is 4. The molecule has 2 rings (SSSR count). The van der Waals surface area contributed by atoms with E-state index in [0.717, 1.165) is 17.0 Å². The first-order chi connectivity index (χ1) is 8.61. The van der Waals surface area contributed by atoms with Crippen LogP contribution in [0.5, 0.6) is 0 Å². The number of nitrogens with zero attached hydrogens (tertiary/aromatic N) is 3. The van der Waals surface area contributed by atoms with Crippen LogP contribution >= 0.6 is 11.8 Å². The van der Waals surface area contributed by atoms with Gasteiger partial charge in [-0.3, -0.25) is 9.55 Å². The van der Waals surface area contributed by atoms with Crippen molar-refractivity contribution < 1.29 is 0 Å². The SMILES string of the molecule is CC[C@@H](N)c1ccc(Sc2n[nH]c(=O)n2C)cn1. The first-order valence-electron chi connectivity index (χ1n) is 5.62. The maximum absolute atomic E-state index is 11.2. The van der Waals surface area contributed by atoms with Gasteiger partial charge in [0.25, 0.3) is 0 Å². The van der Waals surface area contributed by atoms with Crippen molar-refractivity contribution in [1.29, 1.82) is 0 Å². The summed E-state index contributed by atoms with van der Waals surface area (Å²) in [5, 5.41) is 6.92. The van der Waals surface area contributed by atoms with Gasteiger partial charge in [0.05, 0.1) is 5.69 Å². The van der Waals surface area contributed by atoms with Gasteiger partial charge in [-0.2, -0.15) is 0 Å². The van der Waals surface area contributed by atoms with Crippen molar-refractivity contribution >= 4 is 11.8 Å². The molecule has 2 aromatic heterocycles. The van der Waals surface area contributed by atoms with Crippen LogP contribution in [-0.2, 0) is 7.05 Å². The van der Waals surface area contributed by atoms with Crippen LogP contribution in [0, 0.1) is 0 Å². The zero-order chi connectivity index (χ0) is 13.1. The summed E-state index contributed by atoms with van der Waals surface area (Å²) in [5.74, 6) is 0. The minimum absolute atomic E-state index is 0.0289. The van der Waals surface area contributed by atoms with Gasteiger partial charge in [0.15, 0.2) is 5.16 Å². The third kappa shape index (κ3) is 2.62. The van der Waals surface area contributed by atoms with E-state index in [1.165, 1.54) is 16.3 Å². The molecule has 2 heterocycles. The van der Waals surface area contributed by atoms with Crippen LogP contribution in [0.15, 0.2) is 33.2 Å². The largest absolute Gasteiger partial charge is 0.343 e. The molecule has 7 heteroatoms. The second kappa shape index (κ2) is 5.36. The number of nitrogens with two attached hydrogens (primary N) is 1. The number of H-pyrrole nitrogens is 1. The van der Waals surface area contributed by atoms with E-state index in [2.05, 4.69) is 15.2 Å². The summed E-state index contributed by atoms with van der Waals surface area (Å²) in [6.45, 7) is 2.02. The molecule has 2 aromatic rings. The molecule has 0 fully saturated rings. The fraction of sp³-hybridized carbons (Fsp3) is 0.364. The molecule has 0 saturated carbocycles. The molecule has 0 aliphatic heterocycles. The Bertz CT molecular complexity index is 574. The van der Waals surface area contributed by atoms with Gasteiger partial charge in [-0.25, -0.2) is 9.89 Å². The second-order valence-electron chi connectivity index (χ2n) is 3.91. The van der Waals surface area contributed by atoms with Crippen molar-refractivity contribution in [1.82, 2.24) is 19.7 Å². The highest BCUT2D eigenvalue weighted by atomic mass is 32.2. The third-order valence-electron chi connectivity index (χ3n) is 2.63. The van der Waals surface area contributed by atoms with E-state index >= 15 is 0 Å². The minimum Gasteiger partial charge on any atom is -0.323 e. The normalized spacial score (nSPS) is 12.6. The van der Waals surface area contributed by atoms with Gasteiger partial charge in [0.1, 0.15) is 0 Å². The van der Waals surface area contributed by atoms with E-state index in [1.54, 1.807) is 13.2 Å². The molecule has 0 aliphatic rings. The molecule has 0 unspecified atom stereocenters. The Labute approximate surface area is 109 Å². The summed E-state index contributed by atoms with van der Waals surface area (Å²) in [4.78, 5) is 16.4. The van der Waals surface area contributed by atoms with Gasteiger partial charge in [0, 0.05) is 24.2 Å². The van der Waals surface area contributed by atoms with Crippen LogP contribution in [0.3, 0.4) is 0 Å². The summed E-state index contributed by atoms with van der Waals surface area (Å²) < 4.78 is 1.45. The Balaban J connectivity index is 2.16. The number of nitrogens with one attached hydrogen (secondary N) is 1. The van der Waals surface area contributed by atoms with E-state index in [0.29, 0.717) is 5.16 Å². The lowest BCUT2D eigenvalue weighted by Gasteiger charge is -2.08. The van der Waals surface area contributed by atoms with Crippen molar-refractivity contribution in [2.24, 2.45) is 12.8 Å². The van der Waals surface area contributed by atoms with E-state index in [4.69, 9.17) is 5.73 Å². The molecule has 0 saturated heterocycles. The van der Waals surface area contributed by atoms with Gasteiger partial charge in [-0.15, -0.1) is 5.10 Å². The highest BCUT2D eigenvalue weighted by molar-refractivity contribution is 7.99. The minimum atomic E-state index is -0.227. The standard InChI is InChI=1S/C11H15N5OS/c1-3-8(12)9-5-4-7(6-13-9)18-11-15-14-10(17)16(11)2/h4-6,8H,3,12H2,1-2H3,(H,14,17)/t8-/m1/s1. The first-order valence-corrected chi connectivity index (χ1v) is 6.44. The van der Waals surface area contributed by atoms with Gasteiger partial charge in [-0.1, -0.05) is 6.92 Å². The van der Waals surface area contributed by atoms with Crippen LogP contribution in [0.4, 0.5) is 0 Å². The highest BCUT2D eigenvalue weighted by Crippen LogP contribution is 2.24. The molecule has 0 spiro atoms. The van der Waals surface area contributed by atoms with Crippen molar-refractivity contribution in [3.8, 4) is 0 Å². The summed E-state index contributed by atoms with van der Waals surface area (Å²) in [7, 11) is 1.67. The first kappa shape index (κ1) is 12.8. The van der Waals surface area contributed by atoms with E-state index in [9.17, 15) is 4.79 Å². The van der Waals surface area contributed by atoms with Crippen molar-refractivity contribution in [3.63, 3.8) is 0 Å². The van der Waals surface area contributed by atoms with Crippen molar-refractivity contribution in [3.05, 3.63) is 34.5 Å². The van der Waals surface area contributed by atoms with E-state index in [1.807, 2.05) is 19.1 Å². The lowest BCUT2D eigenvalue weighted by molar-refractivity contribution is 0.674. The molecule has 0 radical (unpaired) electrons. The predicted octanol–water partition coefficient (Wildman–Crippen LogP) is 1.06. The molecular weight excluding hydrogens is 250 g/mol. The smallest absolute Gasteiger partial charge is 0.323 e. The number of aromatic nitrogens is 4. The Morgan fingerprint density at radius 3 is 2.83 bits per heavy atom. The zero-order valence-electron chi connectivity index (χ0n) is 10.3. The third-order valence-corrected chi connectivity index (χ3v) is 3.65. The molecular formula is C11H15N5OS. The lowest BCUT2D eigenvalue weighted by atomic mass is 10.1. The number of pyridine rings is 1. The molecule has 6 nitrogen and oxygen atoms in total. The summed E-state index contributed by atoms with van der Waals surface area (Å²) >= 11 is 1.38. The lowest BCUT2D eigenvalue weighted by Crippen LogP contribution is -2.12. The molecule has 3 N–H and O–H groups in total. The van der Waals surface area contributed by atoms with Crippen LogP contribution < -0.4 is 11.4 Å². The molecule has 0 aliphatic carbocycles. The van der Waals surface area contributed by atoms with Crippen molar-refractivity contribution in [2.75, 3.05) is 0 Å². The number of hydrogen-bond acceptors (Lipinski definition) is 5. The maximum atomic E-state index is 11.2. The van der Waals surface area contributed by atoms with E-state index in [-0.39, 0.29) is 11.7 Å². The molecule has 0 amide bonds. The zero-order valence-corrected chi connectivity index (χ0v) is 11.1. The molecule has 96 valence electrons. The average molecular weight is 265 g/mol. The Morgan fingerprint density at radius 2 is 2.33 bits per heavy atom. The summed E-state index contributed by atoms with van der Waals surface area (Å²) in [5.41, 5.74) is 6.54. The molecule has 0 bridgehead atoms. The summed E-state index contributed by atoms with van der Waals surface area (Å²) in [6, 6.07) is 3.81. The van der Waals surface area contributed by atoms with Gasteiger partial charge >= 0.3 is 5.69 Å². The number of hydrogen-bond donors (Lipinski definition) is 2. The topological polar surface area (TPSA) is 89.6 Å². The Morgan fingerprint density at radius 1 is 1.56 bits per heavy atom. The van der Waals surface area contributed by atoms with Gasteiger partial charge in [0.2, 0.25) is 0 Å². The summed E-state index contributed by atoms with van der Waals surface area (Å²) in [6.07, 6.45) is 2.60. The molecule has 18 heavy (non-hydrogen) atoms. The molecule has 0 aromatic carbocycles. The number of aromatic amines is 1. The van der Waals surface area contributed by atoms with Crippen LogP contribution in [0.2, 0.25) is 0 Å². The maximum Gasteiger partial charge on any atom is 0.343 e. The van der Waals surface area contributed by atoms with Gasteiger partial charge in [-0.05, 0) is 30.3 Å². The van der Waals surface area contributed by atoms with Crippen LogP contribution in [0.25, 0.3) is 0 Å². The van der Waals surface area contributed by atoms with Crippen LogP contribution in [0.1, 0.15) is 25.1 Å². The van der Waals surface area contributed by atoms with Crippen LogP contribution in [-0.4, -0.2) is 19.7 Å². The van der Waals surface area contributed by atoms with Crippen molar-refractivity contribution in [2.45, 2.75) is 29.4 Å². The van der Waals surface area contributed by atoms with Gasteiger partial charge < -0.3 is 5.73 Å². The Hall–Kier alpha value is -1.60. The van der Waals surface area contributed by atoms with E-state index < -0.39 is 0 Å². The fourth-order valence-electron chi connectivity index (χ4n) is 1.41. The predicted molar refractivity (Wildman–Crippen MR) is 69.4 cm³/mol. The molecule has 1 atom stereocenters. The fourth-order valence-corrected chi connectivity index (χ4v) is 2.17. The average Bonchev–Trinajstić information content (AvgIpc) is 2.71.